The van der Waals surface area contributed by atoms with Crippen molar-refractivity contribution < 1.29 is 0 Å². The van der Waals surface area contributed by atoms with Gasteiger partial charge in [0.15, 0.2) is 0 Å². The molecule has 0 atom stereocenters. The van der Waals surface area contributed by atoms with Crippen LogP contribution in [0, 0.1) is 0 Å². The third-order valence-electron chi connectivity index (χ3n) is 2.35. The number of hydrogen-bond acceptors (Lipinski definition) is 2. The third-order valence-corrected chi connectivity index (χ3v) is 2.35. The van der Waals surface area contributed by atoms with Crippen LogP contribution in [0.4, 0.5) is 0 Å². The average molecular weight is 220 g/mol. The van der Waals surface area contributed by atoms with E-state index in [0.29, 0.717) is 0 Å². The topological polar surface area (TPSA) is 25.8 Å². The minimum Gasteiger partial charge on any atom is -0.256 e. The van der Waals surface area contributed by atoms with Crippen LogP contribution in [0.2, 0.25) is 0 Å². The zero-order chi connectivity index (χ0) is 9.38. The first-order valence-corrected chi connectivity index (χ1v) is 4.53. The molecule has 3 rings (SSSR count). The van der Waals surface area contributed by atoms with E-state index >= 15 is 0 Å². The summed E-state index contributed by atoms with van der Waals surface area (Å²) in [7, 11) is 0. The Labute approximate surface area is 117 Å². The molecule has 0 fully saturated rings. The molecule has 0 aliphatic rings. The second-order valence-corrected chi connectivity index (χ2v) is 3.21. The van der Waals surface area contributed by atoms with Gasteiger partial charge in [-0.2, -0.15) is 0 Å². The van der Waals surface area contributed by atoms with Gasteiger partial charge in [0.2, 0.25) is 0 Å². The minimum atomic E-state index is 0. The molecule has 0 bridgehead atoms. The molecule has 3 heteroatoms. The van der Waals surface area contributed by atoms with Gasteiger partial charge in [-0.3, -0.25) is 9.97 Å². The molecule has 2 radical (unpaired) electrons. The van der Waals surface area contributed by atoms with Gasteiger partial charge in [0, 0.05) is 60.9 Å². The van der Waals surface area contributed by atoms with Gasteiger partial charge in [-0.25, -0.2) is 0 Å². The van der Waals surface area contributed by atoms with E-state index < -0.39 is 0 Å². The molecule has 0 aliphatic heterocycles. The Balaban J connectivity index is 0.000000853. The van der Waals surface area contributed by atoms with Crippen molar-refractivity contribution in [3.63, 3.8) is 0 Å². The minimum absolute atomic E-state index is 0. The quantitative estimate of drug-likeness (QED) is 0.429. The largest absolute Gasteiger partial charge is 0.256 e. The summed E-state index contributed by atoms with van der Waals surface area (Å²) in [5.74, 6) is 0. The number of benzene rings is 1. The second kappa shape index (κ2) is 4.43. The van der Waals surface area contributed by atoms with E-state index in [2.05, 4.69) is 28.2 Å². The summed E-state index contributed by atoms with van der Waals surface area (Å²) < 4.78 is 0. The monoisotopic (exact) mass is 220 g/mol. The predicted molar refractivity (Wildman–Crippen MR) is 62.8 cm³/mol. The van der Waals surface area contributed by atoms with E-state index in [1.165, 1.54) is 0 Å². The van der Waals surface area contributed by atoms with Crippen molar-refractivity contribution in [2.75, 3.05) is 0 Å². The van der Waals surface area contributed by atoms with Crippen LogP contribution in [0.25, 0.3) is 21.8 Å². The van der Waals surface area contributed by atoms with E-state index in [1.54, 1.807) is 6.20 Å². The standard InChI is InChI=1S/C12H8N2.Ca/c1-3-9-5-6-11-10(4-2-7-13-11)12(9)14-8-1;/h1-8H;. The van der Waals surface area contributed by atoms with E-state index in [1.807, 2.05) is 24.4 Å². The van der Waals surface area contributed by atoms with Gasteiger partial charge in [0.1, 0.15) is 0 Å². The molecule has 0 saturated heterocycles. The van der Waals surface area contributed by atoms with Crippen molar-refractivity contribution in [3.8, 4) is 0 Å². The fraction of sp³-hybridized carbons (Fsp3) is 0. The fourth-order valence-electron chi connectivity index (χ4n) is 1.70. The van der Waals surface area contributed by atoms with Gasteiger partial charge in [0.25, 0.3) is 0 Å². The van der Waals surface area contributed by atoms with E-state index in [4.69, 9.17) is 0 Å². The summed E-state index contributed by atoms with van der Waals surface area (Å²) in [6.07, 6.45) is 3.62. The number of hydrogen-bond donors (Lipinski definition) is 0. The maximum atomic E-state index is 4.37. The van der Waals surface area contributed by atoms with Crippen LogP contribution in [0.5, 0.6) is 0 Å². The predicted octanol–water partition coefficient (Wildman–Crippen LogP) is 2.40. The van der Waals surface area contributed by atoms with Gasteiger partial charge in [0.05, 0.1) is 11.0 Å². The van der Waals surface area contributed by atoms with Crippen LogP contribution in [0.1, 0.15) is 0 Å². The summed E-state index contributed by atoms with van der Waals surface area (Å²) in [5, 5.41) is 2.28. The molecule has 0 amide bonds. The molecule has 2 aromatic heterocycles. The van der Waals surface area contributed by atoms with E-state index in [0.717, 1.165) is 21.8 Å². The van der Waals surface area contributed by atoms with Crippen LogP contribution in [0.15, 0.2) is 48.8 Å². The van der Waals surface area contributed by atoms with E-state index in [9.17, 15) is 0 Å². The van der Waals surface area contributed by atoms with Crippen molar-refractivity contribution in [3.05, 3.63) is 48.8 Å². The zero-order valence-corrected chi connectivity index (χ0v) is 10.4. The Morgan fingerprint density at radius 3 is 2.53 bits per heavy atom. The molecule has 0 saturated carbocycles. The first kappa shape index (κ1) is 10.8. The van der Waals surface area contributed by atoms with Crippen molar-refractivity contribution in [1.82, 2.24) is 9.97 Å². The molecular weight excluding hydrogens is 212 g/mol. The first-order chi connectivity index (χ1) is 6.95. The molecule has 0 N–H and O–H groups in total. The summed E-state index contributed by atoms with van der Waals surface area (Å²) in [6, 6.07) is 12.1. The van der Waals surface area contributed by atoms with Gasteiger partial charge in [-0.1, -0.05) is 12.1 Å². The number of fused-ring (bicyclic) bond motifs is 3. The Morgan fingerprint density at radius 1 is 0.800 bits per heavy atom. The van der Waals surface area contributed by atoms with Crippen LogP contribution in [0.3, 0.4) is 0 Å². The molecule has 0 aliphatic carbocycles. The zero-order valence-electron chi connectivity index (χ0n) is 8.22. The van der Waals surface area contributed by atoms with Crippen molar-refractivity contribution in [2.24, 2.45) is 0 Å². The summed E-state index contributed by atoms with van der Waals surface area (Å²) >= 11 is 0. The Morgan fingerprint density at radius 2 is 1.60 bits per heavy atom. The van der Waals surface area contributed by atoms with Crippen LogP contribution >= 0.6 is 0 Å². The average Bonchev–Trinajstić information content (AvgIpc) is 2.29. The van der Waals surface area contributed by atoms with Crippen LogP contribution in [-0.2, 0) is 0 Å². The number of pyridine rings is 2. The Hall–Kier alpha value is -0.700. The van der Waals surface area contributed by atoms with Gasteiger partial charge in [-0.05, 0) is 24.3 Å². The summed E-state index contributed by atoms with van der Waals surface area (Å²) in [6.45, 7) is 0. The molecule has 2 heterocycles. The maximum Gasteiger partial charge on any atom is 0.0795 e. The fourth-order valence-corrected chi connectivity index (χ4v) is 1.70. The van der Waals surface area contributed by atoms with Gasteiger partial charge >= 0.3 is 0 Å². The molecule has 1 aromatic carbocycles. The Bertz CT molecular complexity index is 553. The van der Waals surface area contributed by atoms with Gasteiger partial charge < -0.3 is 0 Å². The Kier molecular flexibility index (Phi) is 3.19. The summed E-state index contributed by atoms with van der Waals surface area (Å²) in [4.78, 5) is 8.66. The van der Waals surface area contributed by atoms with Crippen molar-refractivity contribution in [2.45, 2.75) is 0 Å². The SMILES string of the molecule is [Ca].c1cnc2c(c1)ccc1ncccc12. The number of nitrogens with zero attached hydrogens (tertiary/aromatic N) is 2. The normalized spacial score (nSPS) is 10.1. The number of rotatable bonds is 0. The number of aromatic nitrogens is 2. The molecule has 2 nitrogen and oxygen atoms in total. The van der Waals surface area contributed by atoms with Gasteiger partial charge in [-0.15, -0.1) is 0 Å². The first-order valence-electron chi connectivity index (χ1n) is 4.53. The summed E-state index contributed by atoms with van der Waals surface area (Å²) in [5.41, 5.74) is 2.02. The molecule has 0 unspecified atom stereocenters. The molecule has 0 spiro atoms. The molecule has 68 valence electrons. The molecule has 3 aromatic rings. The molecular formula is C12H8CaN2. The third kappa shape index (κ3) is 1.85. The smallest absolute Gasteiger partial charge is 0.0795 e. The molecule has 15 heavy (non-hydrogen) atoms. The van der Waals surface area contributed by atoms with Crippen molar-refractivity contribution in [1.29, 1.82) is 0 Å². The van der Waals surface area contributed by atoms with Crippen LogP contribution in [-0.4, -0.2) is 47.7 Å². The van der Waals surface area contributed by atoms with Crippen molar-refractivity contribution >= 4 is 59.5 Å². The maximum absolute atomic E-state index is 4.37. The van der Waals surface area contributed by atoms with Crippen LogP contribution < -0.4 is 0 Å². The second-order valence-electron chi connectivity index (χ2n) is 3.21. The van der Waals surface area contributed by atoms with E-state index in [-0.39, 0.29) is 37.7 Å².